The fraction of sp³-hybridized carbons (Fsp3) is 0.250. The Morgan fingerprint density at radius 3 is 3.15 bits per heavy atom. The molecule has 0 aromatic carbocycles. The molecule has 3 N–H and O–H groups in total. The number of hydrogen-bond donors (Lipinski definition) is 2. The highest BCUT2D eigenvalue weighted by molar-refractivity contribution is 5.96. The fourth-order valence-electron chi connectivity index (χ4n) is 1.11. The standard InChI is InChI=1S/C8H9N3O2/c1-4-8(12)11-7-5(13-4)2-3-6(9)10-7/h2-4H,1H3,(H3,9,10,11,12)/t4-/m0/s1. The van der Waals surface area contributed by atoms with Crippen molar-refractivity contribution in [1.82, 2.24) is 4.98 Å². The van der Waals surface area contributed by atoms with Crippen LogP contribution in [0, 0.1) is 0 Å². The third kappa shape index (κ3) is 1.28. The Hall–Kier alpha value is -1.78. The lowest BCUT2D eigenvalue weighted by Crippen LogP contribution is -2.34. The van der Waals surface area contributed by atoms with Crippen molar-refractivity contribution in [3.8, 4) is 5.75 Å². The van der Waals surface area contributed by atoms with Crippen LogP contribution in [-0.2, 0) is 4.79 Å². The summed E-state index contributed by atoms with van der Waals surface area (Å²) in [7, 11) is 0. The molecule has 0 spiro atoms. The summed E-state index contributed by atoms with van der Waals surface area (Å²) in [6.07, 6.45) is -0.474. The van der Waals surface area contributed by atoms with Gasteiger partial charge in [0.25, 0.3) is 5.91 Å². The van der Waals surface area contributed by atoms with Gasteiger partial charge in [0.15, 0.2) is 17.7 Å². The second-order valence-electron chi connectivity index (χ2n) is 2.83. The zero-order valence-corrected chi connectivity index (χ0v) is 7.07. The van der Waals surface area contributed by atoms with E-state index in [1.54, 1.807) is 19.1 Å². The molecule has 1 aliphatic heterocycles. The van der Waals surface area contributed by atoms with Crippen molar-refractivity contribution in [2.75, 3.05) is 11.1 Å². The van der Waals surface area contributed by atoms with Gasteiger partial charge in [0.1, 0.15) is 5.82 Å². The zero-order valence-electron chi connectivity index (χ0n) is 7.07. The highest BCUT2D eigenvalue weighted by Crippen LogP contribution is 2.27. The number of fused-ring (bicyclic) bond motifs is 1. The first-order chi connectivity index (χ1) is 6.16. The molecule has 5 nitrogen and oxygen atoms in total. The number of carbonyl (C=O) groups excluding carboxylic acids is 1. The van der Waals surface area contributed by atoms with Crippen LogP contribution in [0.25, 0.3) is 0 Å². The molecule has 68 valence electrons. The number of anilines is 2. The van der Waals surface area contributed by atoms with Gasteiger partial charge in [-0.15, -0.1) is 0 Å². The van der Waals surface area contributed by atoms with Crippen LogP contribution in [0.5, 0.6) is 5.75 Å². The van der Waals surface area contributed by atoms with Crippen LogP contribution in [0.1, 0.15) is 6.92 Å². The molecule has 0 saturated heterocycles. The van der Waals surface area contributed by atoms with Crippen molar-refractivity contribution < 1.29 is 9.53 Å². The lowest BCUT2D eigenvalue weighted by Gasteiger charge is -2.22. The Morgan fingerprint density at radius 2 is 2.38 bits per heavy atom. The molecule has 0 bridgehead atoms. The van der Waals surface area contributed by atoms with Gasteiger partial charge in [-0.2, -0.15) is 0 Å². The van der Waals surface area contributed by atoms with Gasteiger partial charge in [0, 0.05) is 0 Å². The first-order valence-electron chi connectivity index (χ1n) is 3.91. The number of aromatic nitrogens is 1. The SMILES string of the molecule is C[C@@H]1Oc2ccc(N)nc2NC1=O. The summed E-state index contributed by atoms with van der Waals surface area (Å²) < 4.78 is 5.27. The lowest BCUT2D eigenvalue weighted by atomic mass is 10.3. The van der Waals surface area contributed by atoms with E-state index in [-0.39, 0.29) is 5.91 Å². The van der Waals surface area contributed by atoms with E-state index in [0.29, 0.717) is 17.4 Å². The predicted octanol–water partition coefficient (Wildman–Crippen LogP) is 0.383. The van der Waals surface area contributed by atoms with E-state index in [2.05, 4.69) is 10.3 Å². The van der Waals surface area contributed by atoms with Gasteiger partial charge >= 0.3 is 0 Å². The fourth-order valence-corrected chi connectivity index (χ4v) is 1.11. The number of hydrogen-bond acceptors (Lipinski definition) is 4. The number of nitrogen functional groups attached to an aromatic ring is 1. The van der Waals surface area contributed by atoms with E-state index in [1.807, 2.05) is 0 Å². The Kier molecular flexibility index (Phi) is 1.58. The van der Waals surface area contributed by atoms with Crippen molar-refractivity contribution in [2.24, 2.45) is 0 Å². The summed E-state index contributed by atoms with van der Waals surface area (Å²) in [6, 6.07) is 3.32. The van der Waals surface area contributed by atoms with Crippen LogP contribution in [0.4, 0.5) is 11.6 Å². The first-order valence-corrected chi connectivity index (χ1v) is 3.91. The lowest BCUT2D eigenvalue weighted by molar-refractivity contribution is -0.122. The molecule has 1 aromatic heterocycles. The maximum absolute atomic E-state index is 11.2. The molecule has 13 heavy (non-hydrogen) atoms. The minimum absolute atomic E-state index is 0.203. The number of nitrogens with two attached hydrogens (primary N) is 1. The van der Waals surface area contributed by atoms with E-state index in [4.69, 9.17) is 10.5 Å². The number of ether oxygens (including phenoxy) is 1. The Balaban J connectivity index is 2.42. The summed E-state index contributed by atoms with van der Waals surface area (Å²) in [5.41, 5.74) is 5.44. The van der Waals surface area contributed by atoms with Crippen LogP contribution in [0.2, 0.25) is 0 Å². The minimum Gasteiger partial charge on any atom is -0.477 e. The third-order valence-corrected chi connectivity index (χ3v) is 1.79. The molecular formula is C8H9N3O2. The maximum Gasteiger partial charge on any atom is 0.266 e. The largest absolute Gasteiger partial charge is 0.477 e. The van der Waals surface area contributed by atoms with Crippen molar-refractivity contribution >= 4 is 17.5 Å². The summed E-state index contributed by atoms with van der Waals surface area (Å²) in [4.78, 5) is 15.1. The molecule has 1 aliphatic rings. The Bertz CT molecular complexity index is 364. The van der Waals surface area contributed by atoms with E-state index in [1.165, 1.54) is 0 Å². The average Bonchev–Trinajstić information content (AvgIpc) is 2.08. The van der Waals surface area contributed by atoms with Gasteiger partial charge in [-0.1, -0.05) is 0 Å². The number of pyridine rings is 1. The van der Waals surface area contributed by atoms with Crippen molar-refractivity contribution in [2.45, 2.75) is 13.0 Å². The van der Waals surface area contributed by atoms with Gasteiger partial charge in [0.05, 0.1) is 0 Å². The number of amides is 1. The third-order valence-electron chi connectivity index (χ3n) is 1.79. The van der Waals surface area contributed by atoms with E-state index >= 15 is 0 Å². The predicted molar refractivity (Wildman–Crippen MR) is 47.4 cm³/mol. The molecule has 0 aliphatic carbocycles. The molecule has 0 fully saturated rings. The molecule has 0 saturated carbocycles. The molecule has 5 heteroatoms. The van der Waals surface area contributed by atoms with Gasteiger partial charge in [-0.3, -0.25) is 4.79 Å². The van der Waals surface area contributed by atoms with Crippen LogP contribution < -0.4 is 15.8 Å². The molecule has 1 atom stereocenters. The van der Waals surface area contributed by atoms with Gasteiger partial charge in [-0.05, 0) is 19.1 Å². The first kappa shape index (κ1) is 7.85. The Morgan fingerprint density at radius 1 is 1.62 bits per heavy atom. The second kappa shape index (κ2) is 2.62. The number of rotatable bonds is 0. The number of carbonyl (C=O) groups is 1. The Labute approximate surface area is 74.9 Å². The quantitative estimate of drug-likeness (QED) is 0.603. The zero-order chi connectivity index (χ0) is 9.42. The normalized spacial score (nSPS) is 20.1. The molecule has 0 radical (unpaired) electrons. The van der Waals surface area contributed by atoms with E-state index < -0.39 is 6.10 Å². The monoisotopic (exact) mass is 179 g/mol. The average molecular weight is 179 g/mol. The summed E-state index contributed by atoms with van der Waals surface area (Å²) in [6.45, 7) is 1.68. The topological polar surface area (TPSA) is 77.2 Å². The minimum atomic E-state index is -0.474. The number of nitrogens with one attached hydrogen (secondary N) is 1. The van der Waals surface area contributed by atoms with Gasteiger partial charge in [-0.25, -0.2) is 4.98 Å². The van der Waals surface area contributed by atoms with Gasteiger partial charge < -0.3 is 15.8 Å². The highest BCUT2D eigenvalue weighted by atomic mass is 16.5. The van der Waals surface area contributed by atoms with Crippen LogP contribution >= 0.6 is 0 Å². The van der Waals surface area contributed by atoms with E-state index in [9.17, 15) is 4.79 Å². The van der Waals surface area contributed by atoms with E-state index in [0.717, 1.165) is 0 Å². The number of nitrogens with zero attached hydrogens (tertiary/aromatic N) is 1. The van der Waals surface area contributed by atoms with Crippen molar-refractivity contribution in [3.63, 3.8) is 0 Å². The van der Waals surface area contributed by atoms with Crippen molar-refractivity contribution in [3.05, 3.63) is 12.1 Å². The van der Waals surface area contributed by atoms with Gasteiger partial charge in [0.2, 0.25) is 0 Å². The molecule has 2 heterocycles. The van der Waals surface area contributed by atoms with Crippen LogP contribution in [-0.4, -0.2) is 17.0 Å². The highest BCUT2D eigenvalue weighted by Gasteiger charge is 2.24. The van der Waals surface area contributed by atoms with Crippen molar-refractivity contribution in [1.29, 1.82) is 0 Å². The molecule has 0 unspecified atom stereocenters. The summed E-state index contributed by atoms with van der Waals surface area (Å²) in [5.74, 6) is 1.10. The van der Waals surface area contributed by atoms with Crippen LogP contribution in [0.3, 0.4) is 0 Å². The smallest absolute Gasteiger partial charge is 0.266 e. The molecular weight excluding hydrogens is 170 g/mol. The second-order valence-corrected chi connectivity index (χ2v) is 2.83. The maximum atomic E-state index is 11.2. The summed E-state index contributed by atoms with van der Waals surface area (Å²) >= 11 is 0. The molecule has 2 rings (SSSR count). The molecule has 1 amide bonds. The van der Waals surface area contributed by atoms with Crippen LogP contribution in [0.15, 0.2) is 12.1 Å². The molecule has 1 aromatic rings. The summed E-state index contributed by atoms with van der Waals surface area (Å²) in [5, 5.41) is 2.60.